The number of benzene rings is 1. The second-order valence-corrected chi connectivity index (χ2v) is 7.17. The van der Waals surface area contributed by atoms with E-state index in [9.17, 15) is 4.79 Å². The second-order valence-electron chi connectivity index (χ2n) is 6.30. The van der Waals surface area contributed by atoms with E-state index in [1.54, 1.807) is 11.3 Å². The summed E-state index contributed by atoms with van der Waals surface area (Å²) in [7, 11) is 0. The zero-order chi connectivity index (χ0) is 17.4. The topological polar surface area (TPSA) is 49.6 Å². The van der Waals surface area contributed by atoms with Gasteiger partial charge in [-0.05, 0) is 31.5 Å². The van der Waals surface area contributed by atoms with E-state index >= 15 is 0 Å². The van der Waals surface area contributed by atoms with E-state index in [1.807, 2.05) is 5.38 Å². The van der Waals surface area contributed by atoms with E-state index in [2.05, 4.69) is 58.9 Å². The Morgan fingerprint density at radius 1 is 1.28 bits per heavy atom. The molecule has 2 aromatic heterocycles. The van der Waals surface area contributed by atoms with Crippen molar-refractivity contribution in [2.24, 2.45) is 0 Å². The van der Waals surface area contributed by atoms with Crippen LogP contribution in [0, 0.1) is 0 Å². The van der Waals surface area contributed by atoms with E-state index < -0.39 is 0 Å². The quantitative estimate of drug-likeness (QED) is 0.781. The van der Waals surface area contributed by atoms with Crippen LogP contribution in [0.2, 0.25) is 0 Å². The average Bonchev–Trinajstić information content (AvgIpc) is 3.16. The van der Waals surface area contributed by atoms with Crippen molar-refractivity contribution in [1.82, 2.24) is 14.7 Å². The van der Waals surface area contributed by atoms with Gasteiger partial charge in [-0.15, -0.1) is 11.3 Å². The van der Waals surface area contributed by atoms with Gasteiger partial charge in [-0.2, -0.15) is 0 Å². The van der Waals surface area contributed by atoms with Crippen LogP contribution in [0.1, 0.15) is 43.1 Å². The first kappa shape index (κ1) is 16.1. The Labute approximate surface area is 151 Å². The zero-order valence-corrected chi connectivity index (χ0v) is 15.3. The maximum absolute atomic E-state index is 12.2. The Balaban J connectivity index is 1.77. The molecule has 3 heterocycles. The molecule has 5 nitrogen and oxygen atoms in total. The zero-order valence-electron chi connectivity index (χ0n) is 14.5. The number of hydrogen-bond acceptors (Lipinski definition) is 4. The average molecular weight is 354 g/mol. The van der Waals surface area contributed by atoms with Gasteiger partial charge < -0.3 is 10.2 Å². The van der Waals surface area contributed by atoms with Crippen LogP contribution in [0.25, 0.3) is 4.96 Å². The lowest BCUT2D eigenvalue weighted by atomic mass is 9.91. The van der Waals surface area contributed by atoms with E-state index in [4.69, 9.17) is 4.98 Å². The third-order valence-electron chi connectivity index (χ3n) is 4.97. The van der Waals surface area contributed by atoms with Gasteiger partial charge in [0.05, 0.1) is 17.9 Å². The highest BCUT2D eigenvalue weighted by Gasteiger charge is 2.29. The minimum Gasteiger partial charge on any atom is -0.372 e. The van der Waals surface area contributed by atoms with Crippen LogP contribution in [0.4, 0.5) is 5.69 Å². The molecule has 6 heteroatoms. The normalized spacial score (nSPS) is 17.2. The van der Waals surface area contributed by atoms with Crippen molar-refractivity contribution < 1.29 is 4.79 Å². The van der Waals surface area contributed by atoms with Crippen LogP contribution in [0.3, 0.4) is 0 Å². The fourth-order valence-corrected chi connectivity index (χ4v) is 4.41. The summed E-state index contributed by atoms with van der Waals surface area (Å²) < 4.78 is 2.14. The van der Waals surface area contributed by atoms with Gasteiger partial charge >= 0.3 is 0 Å². The van der Waals surface area contributed by atoms with Crippen LogP contribution >= 0.6 is 11.3 Å². The summed E-state index contributed by atoms with van der Waals surface area (Å²) in [6.45, 7) is 6.82. The minimum atomic E-state index is 0.0350. The smallest absolute Gasteiger partial charge is 0.221 e. The molecule has 3 aromatic rings. The number of imidazole rings is 1. The number of anilines is 1. The maximum Gasteiger partial charge on any atom is 0.221 e. The molecule has 0 unspecified atom stereocenters. The summed E-state index contributed by atoms with van der Waals surface area (Å²) in [6.07, 6.45) is 2.51. The van der Waals surface area contributed by atoms with Crippen molar-refractivity contribution in [2.45, 2.75) is 32.7 Å². The highest BCUT2D eigenvalue weighted by atomic mass is 32.1. The first-order chi connectivity index (χ1) is 12.2. The number of carbonyl (C=O) groups is 1. The van der Waals surface area contributed by atoms with Crippen LogP contribution in [-0.2, 0) is 11.3 Å². The standard InChI is InChI=1S/C19H22N4OS/c1-3-22(4-2)14-7-5-13(6-8-14)15-11-17(24)20-12-16-18(15)23-9-10-25-19(23)21-16/h5-10,15H,3-4,11-12H2,1-2H3,(H,20,24)/t15-/m0/s1. The van der Waals surface area contributed by atoms with Gasteiger partial charge in [0.15, 0.2) is 4.96 Å². The van der Waals surface area contributed by atoms with Crippen LogP contribution in [-0.4, -0.2) is 28.4 Å². The van der Waals surface area contributed by atoms with Gasteiger partial charge in [0.2, 0.25) is 5.91 Å². The summed E-state index contributed by atoms with van der Waals surface area (Å²) in [4.78, 5) is 20.3. The molecule has 1 atom stereocenters. The number of carbonyl (C=O) groups excluding carboxylic acids is 1. The van der Waals surface area contributed by atoms with Gasteiger partial charge in [-0.25, -0.2) is 4.98 Å². The van der Waals surface area contributed by atoms with Crippen molar-refractivity contribution in [3.8, 4) is 0 Å². The molecule has 1 N–H and O–H groups in total. The largest absolute Gasteiger partial charge is 0.372 e. The monoisotopic (exact) mass is 354 g/mol. The molecule has 0 aliphatic carbocycles. The number of hydrogen-bond donors (Lipinski definition) is 1. The van der Waals surface area contributed by atoms with E-state index in [0.717, 1.165) is 29.4 Å². The van der Waals surface area contributed by atoms with Crippen molar-refractivity contribution in [3.05, 3.63) is 52.8 Å². The molecule has 1 aliphatic heterocycles. The Hall–Kier alpha value is -2.34. The number of amides is 1. The molecular weight excluding hydrogens is 332 g/mol. The number of nitrogens with zero attached hydrogens (tertiary/aromatic N) is 3. The third-order valence-corrected chi connectivity index (χ3v) is 5.73. The highest BCUT2D eigenvalue weighted by molar-refractivity contribution is 7.15. The lowest BCUT2D eigenvalue weighted by Crippen LogP contribution is -2.22. The van der Waals surface area contributed by atoms with Crippen molar-refractivity contribution in [2.75, 3.05) is 18.0 Å². The molecule has 0 bridgehead atoms. The lowest BCUT2D eigenvalue weighted by molar-refractivity contribution is -0.121. The van der Waals surface area contributed by atoms with Gasteiger partial charge in [0, 0.05) is 42.7 Å². The lowest BCUT2D eigenvalue weighted by Gasteiger charge is -2.22. The number of fused-ring (bicyclic) bond motifs is 3. The predicted octanol–water partition coefficient (Wildman–Crippen LogP) is 3.39. The second kappa shape index (κ2) is 6.52. The minimum absolute atomic E-state index is 0.0350. The first-order valence-electron chi connectivity index (χ1n) is 8.77. The molecule has 0 fully saturated rings. The molecule has 1 aliphatic rings. The molecule has 1 amide bonds. The molecule has 0 saturated heterocycles. The summed E-state index contributed by atoms with van der Waals surface area (Å²) in [5.41, 5.74) is 4.52. The molecule has 4 rings (SSSR count). The Morgan fingerprint density at radius 2 is 2.04 bits per heavy atom. The van der Waals surface area contributed by atoms with Gasteiger partial charge in [0.1, 0.15) is 0 Å². The molecule has 0 radical (unpaired) electrons. The molecule has 0 saturated carbocycles. The van der Waals surface area contributed by atoms with Crippen LogP contribution in [0.5, 0.6) is 0 Å². The first-order valence-corrected chi connectivity index (χ1v) is 9.65. The summed E-state index contributed by atoms with van der Waals surface area (Å²) in [6, 6.07) is 8.65. The molecule has 130 valence electrons. The maximum atomic E-state index is 12.2. The number of aromatic nitrogens is 2. The molecule has 0 spiro atoms. The van der Waals surface area contributed by atoms with Crippen molar-refractivity contribution in [1.29, 1.82) is 0 Å². The van der Waals surface area contributed by atoms with Gasteiger partial charge in [-0.3, -0.25) is 9.20 Å². The summed E-state index contributed by atoms with van der Waals surface area (Å²) >= 11 is 1.63. The van der Waals surface area contributed by atoms with E-state index in [-0.39, 0.29) is 11.8 Å². The number of rotatable bonds is 4. The Morgan fingerprint density at radius 3 is 2.76 bits per heavy atom. The third kappa shape index (κ3) is 2.80. The van der Waals surface area contributed by atoms with Gasteiger partial charge in [-0.1, -0.05) is 12.1 Å². The molecule has 1 aromatic carbocycles. The fraction of sp³-hybridized carbons (Fsp3) is 0.368. The fourth-order valence-electron chi connectivity index (χ4n) is 3.67. The number of nitrogens with one attached hydrogen (secondary N) is 1. The van der Waals surface area contributed by atoms with Crippen molar-refractivity contribution in [3.63, 3.8) is 0 Å². The Kier molecular flexibility index (Phi) is 4.21. The summed E-state index contributed by atoms with van der Waals surface area (Å²) in [5, 5.41) is 5.03. The van der Waals surface area contributed by atoms with Crippen LogP contribution in [0.15, 0.2) is 35.8 Å². The van der Waals surface area contributed by atoms with Crippen LogP contribution < -0.4 is 10.2 Å². The van der Waals surface area contributed by atoms with Crippen molar-refractivity contribution >= 4 is 27.9 Å². The number of thiazole rings is 1. The van der Waals surface area contributed by atoms with E-state index in [1.165, 1.54) is 11.3 Å². The highest BCUT2D eigenvalue weighted by Crippen LogP contribution is 2.34. The van der Waals surface area contributed by atoms with E-state index in [0.29, 0.717) is 13.0 Å². The SMILES string of the molecule is CCN(CC)c1ccc([C@@H]2CC(=O)NCc3nc4sccn4c32)cc1. The molecular formula is C19H22N4OS. The molecule has 25 heavy (non-hydrogen) atoms. The summed E-state index contributed by atoms with van der Waals surface area (Å²) in [5.74, 6) is 0.118. The van der Waals surface area contributed by atoms with Gasteiger partial charge in [0.25, 0.3) is 0 Å². The predicted molar refractivity (Wildman–Crippen MR) is 101 cm³/mol. The Bertz CT molecular complexity index is 892.